The molecule has 0 radical (unpaired) electrons. The van der Waals surface area contributed by atoms with E-state index in [0.29, 0.717) is 13.0 Å². The molecule has 2 aliphatic rings. The predicted molar refractivity (Wildman–Crippen MR) is 61.8 cm³/mol. The van der Waals surface area contributed by atoms with Gasteiger partial charge in [-0.15, -0.1) is 0 Å². The van der Waals surface area contributed by atoms with Crippen LogP contribution in [-0.4, -0.2) is 19.1 Å². The van der Waals surface area contributed by atoms with Crippen molar-refractivity contribution < 1.29 is 9.53 Å². The largest absolute Gasteiger partial charge is 0.466 e. The van der Waals surface area contributed by atoms with Crippen LogP contribution in [0, 0.1) is 0 Å². The maximum Gasteiger partial charge on any atom is 0.306 e. The quantitative estimate of drug-likeness (QED) is 0.704. The van der Waals surface area contributed by atoms with Gasteiger partial charge in [0.05, 0.1) is 23.7 Å². The van der Waals surface area contributed by atoms with Crippen LogP contribution in [0.3, 0.4) is 0 Å². The summed E-state index contributed by atoms with van der Waals surface area (Å²) in [7, 11) is 0. The minimum absolute atomic E-state index is 0.102. The summed E-state index contributed by atoms with van der Waals surface area (Å²) < 4.78 is 5.01. The van der Waals surface area contributed by atoms with E-state index in [1.807, 2.05) is 12.1 Å². The zero-order valence-electron chi connectivity index (χ0n) is 8.75. The number of benzene rings is 1. The molecule has 16 heavy (non-hydrogen) atoms. The van der Waals surface area contributed by atoms with E-state index in [4.69, 9.17) is 16.3 Å². The van der Waals surface area contributed by atoms with Crippen molar-refractivity contribution in [1.82, 2.24) is 0 Å². The number of hydrogen-bond donors (Lipinski definition) is 1. The van der Waals surface area contributed by atoms with Crippen molar-refractivity contribution in [3.63, 3.8) is 0 Å². The van der Waals surface area contributed by atoms with E-state index < -0.39 is 0 Å². The molecule has 1 aromatic carbocycles. The van der Waals surface area contributed by atoms with Gasteiger partial charge in [0.2, 0.25) is 0 Å². The number of nitrogens with one attached hydrogen (secondary N) is 1. The van der Waals surface area contributed by atoms with Crippen LogP contribution in [0.25, 0.3) is 0 Å². The standard InChI is InChI=1S/C12H12ClNO2/c13-9-3-1-2-8-11(9)14-7-12(8)4-5-16-10(15)6-12/h1-3,14H,4-7H2. The number of esters is 1. The smallest absolute Gasteiger partial charge is 0.306 e. The average molecular weight is 238 g/mol. The van der Waals surface area contributed by atoms with Crippen LogP contribution in [-0.2, 0) is 14.9 Å². The van der Waals surface area contributed by atoms with Crippen molar-refractivity contribution >= 4 is 23.3 Å². The second-order valence-corrected chi connectivity index (χ2v) is 4.85. The lowest BCUT2D eigenvalue weighted by Crippen LogP contribution is -2.38. The van der Waals surface area contributed by atoms with Gasteiger partial charge in [0.15, 0.2) is 0 Å². The molecule has 2 aliphatic heterocycles. The molecule has 1 aromatic rings. The van der Waals surface area contributed by atoms with Gasteiger partial charge in [-0.2, -0.15) is 0 Å². The topological polar surface area (TPSA) is 38.3 Å². The second kappa shape index (κ2) is 3.39. The number of halogens is 1. The minimum atomic E-state index is -0.110. The normalized spacial score (nSPS) is 27.4. The number of carbonyl (C=O) groups excluding carboxylic acids is 1. The van der Waals surface area contributed by atoms with Crippen LogP contribution >= 0.6 is 11.6 Å². The van der Waals surface area contributed by atoms with E-state index in [-0.39, 0.29) is 11.4 Å². The lowest BCUT2D eigenvalue weighted by atomic mass is 9.76. The lowest BCUT2D eigenvalue weighted by molar-refractivity contribution is -0.149. The summed E-state index contributed by atoms with van der Waals surface area (Å²) in [6.45, 7) is 1.29. The van der Waals surface area contributed by atoms with E-state index in [1.165, 1.54) is 0 Å². The fraction of sp³-hybridized carbons (Fsp3) is 0.417. The summed E-state index contributed by atoms with van der Waals surface area (Å²) in [6, 6.07) is 5.86. The Bertz CT molecular complexity index is 460. The molecule has 0 amide bonds. The second-order valence-electron chi connectivity index (χ2n) is 4.44. The zero-order chi connectivity index (χ0) is 11.2. The molecule has 3 rings (SSSR count). The van der Waals surface area contributed by atoms with Crippen LogP contribution in [0.1, 0.15) is 18.4 Å². The van der Waals surface area contributed by atoms with Crippen molar-refractivity contribution in [2.24, 2.45) is 0 Å². The Hall–Kier alpha value is -1.22. The molecule has 1 atom stereocenters. The monoisotopic (exact) mass is 237 g/mol. The number of fused-ring (bicyclic) bond motifs is 2. The lowest BCUT2D eigenvalue weighted by Gasteiger charge is -2.32. The number of ether oxygens (including phenoxy) is 1. The van der Waals surface area contributed by atoms with E-state index in [1.54, 1.807) is 0 Å². The molecule has 1 saturated heterocycles. The van der Waals surface area contributed by atoms with Crippen molar-refractivity contribution in [3.05, 3.63) is 28.8 Å². The van der Waals surface area contributed by atoms with Crippen LogP contribution in [0.15, 0.2) is 18.2 Å². The van der Waals surface area contributed by atoms with Crippen molar-refractivity contribution in [2.75, 3.05) is 18.5 Å². The molecule has 2 heterocycles. The molecule has 4 heteroatoms. The van der Waals surface area contributed by atoms with Gasteiger partial charge in [0.25, 0.3) is 0 Å². The Morgan fingerprint density at radius 1 is 1.44 bits per heavy atom. The summed E-state index contributed by atoms with van der Waals surface area (Å²) in [6.07, 6.45) is 1.33. The van der Waals surface area contributed by atoms with E-state index >= 15 is 0 Å². The molecule has 0 aliphatic carbocycles. The maximum absolute atomic E-state index is 11.4. The first-order chi connectivity index (χ1) is 7.71. The third-order valence-electron chi connectivity index (χ3n) is 3.51. The molecule has 0 bridgehead atoms. The molecule has 84 valence electrons. The number of cyclic esters (lactones) is 1. The molecule has 1 N–H and O–H groups in total. The number of para-hydroxylation sites is 1. The molecular weight excluding hydrogens is 226 g/mol. The van der Waals surface area contributed by atoms with E-state index in [9.17, 15) is 4.79 Å². The Morgan fingerprint density at radius 3 is 3.12 bits per heavy atom. The summed E-state index contributed by atoms with van der Waals surface area (Å²) in [4.78, 5) is 11.4. The highest BCUT2D eigenvalue weighted by Crippen LogP contribution is 2.46. The maximum atomic E-state index is 11.4. The Kier molecular flexibility index (Phi) is 2.11. The summed E-state index contributed by atoms with van der Waals surface area (Å²) >= 11 is 6.13. The fourth-order valence-corrected chi connectivity index (χ4v) is 2.90. The van der Waals surface area contributed by atoms with Crippen LogP contribution in [0.4, 0.5) is 5.69 Å². The average Bonchev–Trinajstić information content (AvgIpc) is 2.59. The Morgan fingerprint density at radius 2 is 2.31 bits per heavy atom. The number of carbonyl (C=O) groups is 1. The highest BCUT2D eigenvalue weighted by atomic mass is 35.5. The predicted octanol–water partition coefficient (Wildman–Crippen LogP) is 2.34. The first-order valence-corrected chi connectivity index (χ1v) is 5.78. The number of anilines is 1. The molecule has 1 unspecified atom stereocenters. The van der Waals surface area contributed by atoms with Gasteiger partial charge in [0.1, 0.15) is 0 Å². The van der Waals surface area contributed by atoms with Gasteiger partial charge >= 0.3 is 5.97 Å². The van der Waals surface area contributed by atoms with Crippen LogP contribution in [0.2, 0.25) is 5.02 Å². The first kappa shape index (κ1) is 9.97. The minimum Gasteiger partial charge on any atom is -0.466 e. The number of hydrogen-bond acceptors (Lipinski definition) is 3. The molecular formula is C12H12ClNO2. The molecule has 1 spiro atoms. The fourth-order valence-electron chi connectivity index (χ4n) is 2.66. The van der Waals surface area contributed by atoms with Gasteiger partial charge in [-0.3, -0.25) is 4.79 Å². The SMILES string of the molecule is O=C1CC2(CCO1)CNc1c(Cl)cccc12. The molecule has 1 fully saturated rings. The molecule has 0 aromatic heterocycles. The van der Waals surface area contributed by atoms with E-state index in [0.717, 1.165) is 29.2 Å². The Balaban J connectivity index is 2.07. The van der Waals surface area contributed by atoms with Crippen molar-refractivity contribution in [2.45, 2.75) is 18.3 Å². The highest BCUT2D eigenvalue weighted by Gasteiger charge is 2.44. The summed E-state index contributed by atoms with van der Waals surface area (Å²) in [5.41, 5.74) is 2.05. The third kappa shape index (κ3) is 1.31. The molecule has 3 nitrogen and oxygen atoms in total. The van der Waals surface area contributed by atoms with Crippen molar-refractivity contribution in [1.29, 1.82) is 0 Å². The highest BCUT2D eigenvalue weighted by molar-refractivity contribution is 6.33. The van der Waals surface area contributed by atoms with Gasteiger partial charge in [-0.25, -0.2) is 0 Å². The van der Waals surface area contributed by atoms with Crippen molar-refractivity contribution in [3.8, 4) is 0 Å². The van der Waals surface area contributed by atoms with Gasteiger partial charge in [-0.1, -0.05) is 23.7 Å². The number of rotatable bonds is 0. The Labute approximate surface area is 98.7 Å². The summed E-state index contributed by atoms with van der Waals surface area (Å²) in [5.74, 6) is -0.110. The van der Waals surface area contributed by atoms with Gasteiger partial charge < -0.3 is 10.1 Å². The first-order valence-electron chi connectivity index (χ1n) is 5.40. The zero-order valence-corrected chi connectivity index (χ0v) is 9.51. The van der Waals surface area contributed by atoms with E-state index in [2.05, 4.69) is 11.4 Å². The van der Waals surface area contributed by atoms with Gasteiger partial charge in [-0.05, 0) is 18.1 Å². The van der Waals surface area contributed by atoms with Gasteiger partial charge in [0, 0.05) is 12.0 Å². The molecule has 0 saturated carbocycles. The van der Waals surface area contributed by atoms with Crippen LogP contribution < -0.4 is 5.32 Å². The summed E-state index contributed by atoms with van der Waals surface area (Å²) in [5, 5.41) is 4.04. The third-order valence-corrected chi connectivity index (χ3v) is 3.83. The van der Waals surface area contributed by atoms with Crippen LogP contribution in [0.5, 0.6) is 0 Å².